The Labute approximate surface area is 414 Å². The van der Waals surface area contributed by atoms with Crippen LogP contribution in [0.1, 0.15) is 47.5 Å². The first-order chi connectivity index (χ1) is 33.3. The number of thioether (sulfide) groups is 1. The molecular formula is C45H70N4O21S. The highest BCUT2D eigenvalue weighted by molar-refractivity contribution is 8.00. The highest BCUT2D eigenvalue weighted by Gasteiger charge is 2.57. The second-order valence-corrected chi connectivity index (χ2v) is 19.5. The topological polar surface area (TPSA) is 405 Å². The molecule has 2 bridgehead atoms. The number of nitrogens with one attached hydrogen (secondary N) is 3. The van der Waals surface area contributed by atoms with Crippen LogP contribution in [0.3, 0.4) is 0 Å². The van der Waals surface area contributed by atoms with Gasteiger partial charge in [-0.05, 0) is 38.2 Å². The SMILES string of the molecule is COC1=C2C[C@@H](C)C[C@H](OC)[C@H](O)[C@@H](C)/C=C(/C)[C@H](OC(N)=O)[C@@H](OC)/C=C\C=C(\C)C(=O)N[C@H](C2=O)[C@@]1(O)SC[C@H](NC(C)=O)C(=O)N[C@H]1[C@@H](OC2[C@H](O)[C@H](O)C(O)[C@H](O)[C@H]2O)O[C@H](CO)[C@@H](O)[C@@H]1O. The van der Waals surface area contributed by atoms with E-state index in [4.69, 9.17) is 34.2 Å². The van der Waals surface area contributed by atoms with Crippen LogP contribution in [0.15, 0.2) is 46.8 Å². The van der Waals surface area contributed by atoms with Gasteiger partial charge in [0.2, 0.25) is 17.7 Å². The van der Waals surface area contributed by atoms with Gasteiger partial charge in [-0.15, -0.1) is 11.8 Å². The van der Waals surface area contributed by atoms with Crippen LogP contribution in [0.25, 0.3) is 0 Å². The number of hydrogen-bond acceptors (Lipinski definition) is 22. The predicted octanol–water partition coefficient (Wildman–Crippen LogP) is -4.62. The maximum absolute atomic E-state index is 14.5. The second-order valence-electron chi connectivity index (χ2n) is 18.2. The third-order valence-electron chi connectivity index (χ3n) is 13.0. The molecule has 402 valence electrons. The van der Waals surface area contributed by atoms with E-state index in [1.807, 2.05) is 0 Å². The van der Waals surface area contributed by atoms with E-state index in [2.05, 4.69) is 16.0 Å². The van der Waals surface area contributed by atoms with Crippen molar-refractivity contribution in [1.82, 2.24) is 16.0 Å². The quantitative estimate of drug-likeness (QED) is 0.0609. The molecule has 71 heavy (non-hydrogen) atoms. The summed E-state index contributed by atoms with van der Waals surface area (Å²) in [5.41, 5.74) is 5.83. The summed E-state index contributed by atoms with van der Waals surface area (Å²) in [7, 11) is 3.91. The van der Waals surface area contributed by atoms with Crippen molar-refractivity contribution < 1.29 is 103 Å². The van der Waals surface area contributed by atoms with E-state index in [0.717, 1.165) is 6.92 Å². The highest BCUT2D eigenvalue weighted by atomic mass is 32.2. The Kier molecular flexibility index (Phi) is 21.5. The summed E-state index contributed by atoms with van der Waals surface area (Å²) >= 11 is 0.495. The number of carbonyl (C=O) groups is 5. The van der Waals surface area contributed by atoms with E-state index >= 15 is 0 Å². The Bertz CT molecular complexity index is 2010. The number of nitrogens with two attached hydrogens (primary N) is 1. The zero-order valence-electron chi connectivity index (χ0n) is 40.6. The smallest absolute Gasteiger partial charge is 0.405 e. The van der Waals surface area contributed by atoms with Crippen LogP contribution in [0.4, 0.5) is 4.79 Å². The zero-order chi connectivity index (χ0) is 53.4. The zero-order valence-corrected chi connectivity index (χ0v) is 41.4. The molecular weight excluding hydrogens is 965 g/mol. The number of allylic oxidation sites excluding steroid dienone is 2. The van der Waals surface area contributed by atoms with Gasteiger partial charge in [0.25, 0.3) is 0 Å². The van der Waals surface area contributed by atoms with Gasteiger partial charge in [-0.1, -0.05) is 38.2 Å². The number of methoxy groups -OCH3 is 3. The number of hydrogen-bond donors (Lipinski definition) is 14. The molecule has 4 rings (SSSR count). The van der Waals surface area contributed by atoms with E-state index in [-0.39, 0.29) is 29.7 Å². The number of fused-ring (bicyclic) bond motifs is 2. The first-order valence-corrected chi connectivity index (χ1v) is 23.7. The van der Waals surface area contributed by atoms with Gasteiger partial charge in [0.1, 0.15) is 84.9 Å². The number of carbonyl (C=O) groups excluding carboxylic acids is 5. The maximum Gasteiger partial charge on any atom is 0.405 e. The molecule has 0 radical (unpaired) electrons. The van der Waals surface area contributed by atoms with Crippen LogP contribution >= 0.6 is 11.8 Å². The first kappa shape index (κ1) is 59.5. The number of Topliss-reactive ketones (excluding diaryl/α,β-unsaturated/α-hetero) is 1. The Morgan fingerprint density at radius 1 is 0.930 bits per heavy atom. The highest BCUT2D eigenvalue weighted by Crippen LogP contribution is 2.45. The molecule has 0 aromatic heterocycles. The molecule has 4 aliphatic rings. The first-order valence-electron chi connectivity index (χ1n) is 22.8. The number of amides is 4. The lowest BCUT2D eigenvalue weighted by molar-refractivity contribution is -0.319. The van der Waals surface area contributed by atoms with Crippen molar-refractivity contribution in [3.05, 3.63) is 46.8 Å². The Morgan fingerprint density at radius 3 is 2.10 bits per heavy atom. The lowest BCUT2D eigenvalue weighted by Gasteiger charge is -2.47. The van der Waals surface area contributed by atoms with Crippen LogP contribution in [0.2, 0.25) is 0 Å². The maximum atomic E-state index is 14.5. The predicted molar refractivity (Wildman–Crippen MR) is 247 cm³/mol. The van der Waals surface area contributed by atoms with Crippen molar-refractivity contribution in [2.45, 2.75) is 156 Å². The van der Waals surface area contributed by atoms with Crippen molar-refractivity contribution in [3.63, 3.8) is 0 Å². The molecule has 15 N–H and O–H groups in total. The van der Waals surface area contributed by atoms with Gasteiger partial charge in [-0.25, -0.2) is 4.79 Å². The van der Waals surface area contributed by atoms with E-state index in [0.29, 0.717) is 17.3 Å². The Balaban J connectivity index is 1.74. The Morgan fingerprint density at radius 2 is 1.55 bits per heavy atom. The minimum Gasteiger partial charge on any atom is -0.497 e. The molecule has 0 aromatic carbocycles. The summed E-state index contributed by atoms with van der Waals surface area (Å²) < 4.78 is 33.7. The average Bonchev–Trinajstić information content (AvgIpc) is 3.51. The van der Waals surface area contributed by atoms with E-state index in [1.54, 1.807) is 26.8 Å². The summed E-state index contributed by atoms with van der Waals surface area (Å²) in [5, 5.41) is 115. The van der Waals surface area contributed by atoms with Crippen LogP contribution in [-0.4, -0.2) is 223 Å². The molecule has 2 aliphatic heterocycles. The van der Waals surface area contributed by atoms with Crippen LogP contribution in [0.5, 0.6) is 0 Å². The molecule has 25 nitrogen and oxygen atoms in total. The third kappa shape index (κ3) is 13.7. The van der Waals surface area contributed by atoms with E-state index in [1.165, 1.54) is 46.5 Å². The molecule has 1 saturated heterocycles. The number of ketones is 1. The van der Waals surface area contributed by atoms with Crippen molar-refractivity contribution in [2.75, 3.05) is 33.7 Å². The summed E-state index contributed by atoms with van der Waals surface area (Å²) in [5.74, 6) is -5.58. The van der Waals surface area contributed by atoms with Gasteiger partial charge in [-0.2, -0.15) is 0 Å². The minimum atomic E-state index is -2.51. The molecule has 2 aliphatic carbocycles. The molecule has 20 atom stereocenters. The standard InChI is InChI=1S/C45H70N4O21S/c1-17-12-22-29(53)39(49-41(61)18(2)10-9-11-24(65-6)37(70-44(46)63)20(4)14-19(3)28(52)25(13-17)66-7)45(64,40(22)67-8)71-16-23(47-21(5)51)42(62)48-27-31(55)30(54)26(15-50)68-43(27)69-38-35(59)33(57)32(56)34(58)36(38)60/h9-11,14,17,19,23-28,30-39,43,50,52,54-60,64H,12-13,15-16H2,1-8H3,(H2,46,63)(H,47,51)(H,48,62)(H,49,61)/b11-9-,18-10-,20-14-/t17-,19+,23+,24+,25+,26-,27-,28-,30-,31-,32?,33-,34+,35-,36-,37+,38?,39-,43-,45-/m1/s1. The van der Waals surface area contributed by atoms with E-state index < -0.39 is 162 Å². The number of aliphatic hydroxyl groups excluding tert-OH is 9. The van der Waals surface area contributed by atoms with Crippen molar-refractivity contribution in [3.8, 4) is 0 Å². The molecule has 2 fully saturated rings. The average molecular weight is 1040 g/mol. The van der Waals surface area contributed by atoms with Crippen LogP contribution < -0.4 is 21.7 Å². The molecule has 26 heteroatoms. The molecule has 0 spiro atoms. The van der Waals surface area contributed by atoms with Gasteiger partial charge >= 0.3 is 6.09 Å². The normalized spacial score (nSPS) is 41.1. The van der Waals surface area contributed by atoms with E-state index in [9.17, 15) is 75.0 Å². The van der Waals surface area contributed by atoms with Gasteiger partial charge in [0, 0.05) is 44.0 Å². The lowest BCUT2D eigenvalue weighted by Crippen LogP contribution is -2.70. The summed E-state index contributed by atoms with van der Waals surface area (Å²) in [4.78, 5) is 64.7. The fraction of sp³-hybridized carbons (Fsp3) is 0.711. The second kappa shape index (κ2) is 25.7. The lowest BCUT2D eigenvalue weighted by atomic mass is 9.84. The number of primary amides is 1. The fourth-order valence-corrected chi connectivity index (χ4v) is 10.3. The van der Waals surface area contributed by atoms with Crippen molar-refractivity contribution in [2.24, 2.45) is 17.6 Å². The monoisotopic (exact) mass is 1030 g/mol. The number of rotatable bonds is 13. The van der Waals surface area contributed by atoms with Crippen LogP contribution in [-0.2, 0) is 47.6 Å². The summed E-state index contributed by atoms with van der Waals surface area (Å²) in [6.45, 7) is 6.65. The number of aliphatic hydroxyl groups is 10. The van der Waals surface area contributed by atoms with Gasteiger partial charge in [0.05, 0.1) is 25.9 Å². The van der Waals surface area contributed by atoms with Gasteiger partial charge in [0.15, 0.2) is 23.1 Å². The molecule has 1 saturated carbocycles. The summed E-state index contributed by atoms with van der Waals surface area (Å²) in [6.07, 6.45) is -18.9. The number of ether oxygens (including phenoxy) is 6. The van der Waals surface area contributed by atoms with Gasteiger partial charge in [-0.3, -0.25) is 19.2 Å². The molecule has 2 heterocycles. The third-order valence-corrected chi connectivity index (χ3v) is 14.3. The largest absolute Gasteiger partial charge is 0.497 e. The fourth-order valence-electron chi connectivity index (χ4n) is 8.98. The molecule has 2 unspecified atom stereocenters. The van der Waals surface area contributed by atoms with Gasteiger partial charge < -0.3 is 101 Å². The van der Waals surface area contributed by atoms with Crippen molar-refractivity contribution in [1.29, 1.82) is 0 Å². The minimum absolute atomic E-state index is 0.00823. The molecule has 0 aromatic rings. The summed E-state index contributed by atoms with van der Waals surface area (Å²) in [6, 6.07) is -5.36. The Hall–Kier alpha value is -4.10. The van der Waals surface area contributed by atoms with Crippen LogP contribution in [0, 0.1) is 11.8 Å². The van der Waals surface area contributed by atoms with Crippen molar-refractivity contribution >= 4 is 41.4 Å². The molecule has 4 amide bonds.